The Bertz CT molecular complexity index is 233. The van der Waals surface area contributed by atoms with Crippen LogP contribution in [-0.4, -0.2) is 23.2 Å². The Balaban J connectivity index is 2.30. The SMILES string of the molecule is CCC(C)(O)CNC(=O)C1CC1(C)C. The maximum absolute atomic E-state index is 11.6. The first-order valence-electron chi connectivity index (χ1n) is 5.28. The maximum Gasteiger partial charge on any atom is 0.223 e. The molecule has 2 unspecified atom stereocenters. The lowest BCUT2D eigenvalue weighted by molar-refractivity contribution is -0.124. The molecule has 0 aliphatic heterocycles. The molecule has 1 rings (SSSR count). The Labute approximate surface area is 85.9 Å². The summed E-state index contributed by atoms with van der Waals surface area (Å²) in [6, 6.07) is 0. The third-order valence-corrected chi connectivity index (χ3v) is 3.24. The molecule has 3 heteroatoms. The van der Waals surface area contributed by atoms with Crippen LogP contribution in [-0.2, 0) is 4.79 Å². The zero-order valence-corrected chi connectivity index (χ0v) is 9.55. The summed E-state index contributed by atoms with van der Waals surface area (Å²) in [6.07, 6.45) is 1.62. The van der Waals surface area contributed by atoms with Crippen LogP contribution in [0.4, 0.5) is 0 Å². The van der Waals surface area contributed by atoms with Gasteiger partial charge < -0.3 is 10.4 Å². The van der Waals surface area contributed by atoms with Crippen LogP contribution < -0.4 is 5.32 Å². The lowest BCUT2D eigenvalue weighted by Crippen LogP contribution is -2.41. The van der Waals surface area contributed by atoms with E-state index in [1.165, 1.54) is 0 Å². The highest BCUT2D eigenvalue weighted by Gasteiger charge is 2.50. The lowest BCUT2D eigenvalue weighted by atomic mass is 10.0. The van der Waals surface area contributed by atoms with Crippen LogP contribution >= 0.6 is 0 Å². The van der Waals surface area contributed by atoms with Crippen molar-refractivity contribution in [3.8, 4) is 0 Å². The predicted molar refractivity (Wildman–Crippen MR) is 55.8 cm³/mol. The smallest absolute Gasteiger partial charge is 0.223 e. The Hall–Kier alpha value is -0.570. The molecule has 0 heterocycles. The van der Waals surface area contributed by atoms with E-state index in [4.69, 9.17) is 0 Å². The van der Waals surface area contributed by atoms with E-state index in [9.17, 15) is 9.90 Å². The third kappa shape index (κ3) is 2.71. The van der Waals surface area contributed by atoms with Crippen LogP contribution in [0.5, 0.6) is 0 Å². The molecule has 2 atom stereocenters. The first kappa shape index (κ1) is 11.5. The van der Waals surface area contributed by atoms with Crippen LogP contribution in [0.3, 0.4) is 0 Å². The molecule has 1 fully saturated rings. The topological polar surface area (TPSA) is 49.3 Å². The van der Waals surface area contributed by atoms with Crippen molar-refractivity contribution in [1.29, 1.82) is 0 Å². The molecule has 1 amide bonds. The van der Waals surface area contributed by atoms with Crippen molar-refractivity contribution in [3.63, 3.8) is 0 Å². The number of hydrogen-bond acceptors (Lipinski definition) is 2. The third-order valence-electron chi connectivity index (χ3n) is 3.24. The second-order valence-electron chi connectivity index (χ2n) is 5.31. The van der Waals surface area contributed by atoms with E-state index in [-0.39, 0.29) is 17.2 Å². The van der Waals surface area contributed by atoms with Crippen molar-refractivity contribution >= 4 is 5.91 Å². The normalized spacial score (nSPS) is 27.9. The molecule has 1 aliphatic rings. The summed E-state index contributed by atoms with van der Waals surface area (Å²) >= 11 is 0. The predicted octanol–water partition coefficient (Wildman–Crippen LogP) is 1.31. The van der Waals surface area contributed by atoms with Crippen molar-refractivity contribution in [2.75, 3.05) is 6.54 Å². The summed E-state index contributed by atoms with van der Waals surface area (Å²) in [5.74, 6) is 0.235. The molecule has 3 nitrogen and oxygen atoms in total. The van der Waals surface area contributed by atoms with Gasteiger partial charge in [-0.25, -0.2) is 0 Å². The number of aliphatic hydroxyl groups is 1. The molecule has 0 bridgehead atoms. The van der Waals surface area contributed by atoms with Crippen molar-refractivity contribution in [2.24, 2.45) is 11.3 Å². The molecule has 0 saturated heterocycles. The highest BCUT2D eigenvalue weighted by atomic mass is 16.3. The van der Waals surface area contributed by atoms with Crippen molar-refractivity contribution in [3.05, 3.63) is 0 Å². The number of rotatable bonds is 4. The monoisotopic (exact) mass is 199 g/mol. The van der Waals surface area contributed by atoms with Crippen molar-refractivity contribution < 1.29 is 9.90 Å². The lowest BCUT2D eigenvalue weighted by Gasteiger charge is -2.21. The maximum atomic E-state index is 11.6. The second kappa shape index (κ2) is 3.54. The van der Waals surface area contributed by atoms with Crippen LogP contribution in [0.15, 0.2) is 0 Å². The summed E-state index contributed by atoms with van der Waals surface area (Å²) in [4.78, 5) is 11.6. The van der Waals surface area contributed by atoms with E-state index >= 15 is 0 Å². The molecule has 0 aromatic rings. The number of carbonyl (C=O) groups is 1. The molecule has 0 aromatic heterocycles. The Morgan fingerprint density at radius 2 is 2.14 bits per heavy atom. The quantitative estimate of drug-likeness (QED) is 0.717. The molecule has 0 aromatic carbocycles. The van der Waals surface area contributed by atoms with Gasteiger partial charge in [0, 0.05) is 12.5 Å². The Morgan fingerprint density at radius 3 is 2.50 bits per heavy atom. The Kier molecular flexibility index (Phi) is 2.91. The van der Waals surface area contributed by atoms with Gasteiger partial charge in [-0.15, -0.1) is 0 Å². The van der Waals surface area contributed by atoms with Gasteiger partial charge in [-0.1, -0.05) is 20.8 Å². The summed E-state index contributed by atoms with van der Waals surface area (Å²) in [5, 5.41) is 12.5. The van der Waals surface area contributed by atoms with Gasteiger partial charge in [-0.3, -0.25) is 4.79 Å². The number of hydrogen-bond donors (Lipinski definition) is 2. The minimum absolute atomic E-state index is 0.0868. The zero-order chi connectivity index (χ0) is 11.0. The number of nitrogens with one attached hydrogen (secondary N) is 1. The summed E-state index contributed by atoms with van der Waals surface area (Å²) < 4.78 is 0. The Morgan fingerprint density at radius 1 is 1.64 bits per heavy atom. The van der Waals surface area contributed by atoms with Gasteiger partial charge in [0.25, 0.3) is 0 Å². The molecule has 1 saturated carbocycles. The van der Waals surface area contributed by atoms with Crippen molar-refractivity contribution in [2.45, 2.75) is 46.1 Å². The van der Waals surface area contributed by atoms with Gasteiger partial charge in [0.15, 0.2) is 0 Å². The van der Waals surface area contributed by atoms with E-state index in [1.54, 1.807) is 6.92 Å². The van der Waals surface area contributed by atoms with Crippen LogP contribution in [0, 0.1) is 11.3 Å². The largest absolute Gasteiger partial charge is 0.388 e. The molecule has 14 heavy (non-hydrogen) atoms. The fourth-order valence-corrected chi connectivity index (χ4v) is 1.44. The number of carbonyl (C=O) groups excluding carboxylic acids is 1. The summed E-state index contributed by atoms with van der Waals surface area (Å²) in [7, 11) is 0. The second-order valence-corrected chi connectivity index (χ2v) is 5.31. The standard InChI is InChI=1S/C11H21NO2/c1-5-11(4,14)7-12-9(13)8-6-10(8,2)3/h8,14H,5-7H2,1-4H3,(H,12,13). The molecule has 1 aliphatic carbocycles. The van der Waals surface area contributed by atoms with Crippen molar-refractivity contribution in [1.82, 2.24) is 5.32 Å². The van der Waals surface area contributed by atoms with E-state index in [2.05, 4.69) is 19.2 Å². The van der Waals surface area contributed by atoms with Gasteiger partial charge in [0.1, 0.15) is 0 Å². The highest BCUT2D eigenvalue weighted by molar-refractivity contribution is 5.82. The molecule has 82 valence electrons. The fourth-order valence-electron chi connectivity index (χ4n) is 1.44. The van der Waals surface area contributed by atoms with Gasteiger partial charge >= 0.3 is 0 Å². The molecule has 0 radical (unpaired) electrons. The zero-order valence-electron chi connectivity index (χ0n) is 9.55. The average Bonchev–Trinajstić information content (AvgIpc) is 2.71. The molecular formula is C11H21NO2. The number of amides is 1. The van der Waals surface area contributed by atoms with Crippen LogP contribution in [0.1, 0.15) is 40.5 Å². The van der Waals surface area contributed by atoms with Gasteiger partial charge in [-0.05, 0) is 25.2 Å². The fraction of sp³-hybridized carbons (Fsp3) is 0.909. The van der Waals surface area contributed by atoms with Gasteiger partial charge in [0.05, 0.1) is 5.60 Å². The van der Waals surface area contributed by atoms with E-state index in [0.29, 0.717) is 13.0 Å². The van der Waals surface area contributed by atoms with E-state index in [1.807, 2.05) is 6.92 Å². The minimum atomic E-state index is -0.769. The van der Waals surface area contributed by atoms with Gasteiger partial charge in [0.2, 0.25) is 5.91 Å². The van der Waals surface area contributed by atoms with Gasteiger partial charge in [-0.2, -0.15) is 0 Å². The minimum Gasteiger partial charge on any atom is -0.388 e. The average molecular weight is 199 g/mol. The highest BCUT2D eigenvalue weighted by Crippen LogP contribution is 2.51. The first-order chi connectivity index (χ1) is 6.28. The summed E-state index contributed by atoms with van der Waals surface area (Å²) in [5.41, 5.74) is -0.600. The first-order valence-corrected chi connectivity index (χ1v) is 5.28. The molecule has 2 N–H and O–H groups in total. The molecule has 0 spiro atoms. The van der Waals surface area contributed by atoms with E-state index in [0.717, 1.165) is 6.42 Å². The summed E-state index contributed by atoms with van der Waals surface area (Å²) in [6.45, 7) is 8.19. The van der Waals surface area contributed by atoms with E-state index < -0.39 is 5.60 Å². The van der Waals surface area contributed by atoms with Crippen LogP contribution in [0.2, 0.25) is 0 Å². The van der Waals surface area contributed by atoms with Crippen LogP contribution in [0.25, 0.3) is 0 Å². The molecular weight excluding hydrogens is 178 g/mol.